The third-order valence-electron chi connectivity index (χ3n) is 4.95. The third kappa shape index (κ3) is 5.26. The number of nitrogens with zero attached hydrogens (tertiary/aromatic N) is 1. The number of aromatic nitrogens is 2. The molecule has 2 heterocycles. The van der Waals surface area contributed by atoms with Gasteiger partial charge in [-0.05, 0) is 24.3 Å². The number of aliphatic hydroxyl groups excluding tert-OH is 2. The Morgan fingerprint density at radius 3 is 2.48 bits per heavy atom. The van der Waals surface area contributed by atoms with E-state index in [4.69, 9.17) is 9.47 Å². The minimum absolute atomic E-state index is 0.00966. The van der Waals surface area contributed by atoms with Gasteiger partial charge in [0.1, 0.15) is 24.1 Å². The smallest absolute Gasteiger partial charge is 0.330 e. The summed E-state index contributed by atoms with van der Waals surface area (Å²) >= 11 is 0. The fourth-order valence-corrected chi connectivity index (χ4v) is 3.21. The highest BCUT2D eigenvalue weighted by Crippen LogP contribution is 2.27. The second kappa shape index (κ2) is 9.69. The van der Waals surface area contributed by atoms with Crippen molar-refractivity contribution in [1.82, 2.24) is 14.9 Å². The van der Waals surface area contributed by atoms with Crippen LogP contribution in [0.3, 0.4) is 0 Å². The van der Waals surface area contributed by atoms with E-state index < -0.39 is 41.7 Å². The van der Waals surface area contributed by atoms with Crippen LogP contribution in [0, 0.1) is 0 Å². The fraction of sp³-hybridized carbons (Fsp3) is 0.400. The molecule has 1 fully saturated rings. The minimum Gasteiger partial charge on any atom is -0.497 e. The van der Waals surface area contributed by atoms with Crippen LogP contribution in [-0.2, 0) is 9.53 Å². The first-order valence-corrected chi connectivity index (χ1v) is 9.57. The van der Waals surface area contributed by atoms with Crippen LogP contribution in [-0.4, -0.2) is 63.4 Å². The lowest BCUT2D eigenvalue weighted by Gasteiger charge is -2.16. The van der Waals surface area contributed by atoms with Crippen molar-refractivity contribution in [2.24, 2.45) is 0 Å². The van der Waals surface area contributed by atoms with Crippen molar-refractivity contribution in [3.05, 3.63) is 62.9 Å². The van der Waals surface area contributed by atoms with Crippen LogP contribution in [0.15, 0.2) is 46.1 Å². The molecule has 0 spiro atoms. The second-order valence-electron chi connectivity index (χ2n) is 7.02. The summed E-state index contributed by atoms with van der Waals surface area (Å²) in [6, 6.07) is 7.62. The molecule has 0 saturated carbocycles. The Kier molecular flexibility index (Phi) is 7.00. The van der Waals surface area contributed by atoms with Gasteiger partial charge in [0.2, 0.25) is 5.91 Å². The van der Waals surface area contributed by atoms with Gasteiger partial charge in [0.05, 0.1) is 7.11 Å². The van der Waals surface area contributed by atoms with Crippen LogP contribution in [0.2, 0.25) is 0 Å². The Morgan fingerprint density at radius 2 is 1.84 bits per heavy atom. The zero-order valence-corrected chi connectivity index (χ0v) is 16.7. The van der Waals surface area contributed by atoms with Crippen LogP contribution >= 0.6 is 0 Å². The Bertz CT molecular complexity index is 1050. The molecule has 0 unspecified atom stereocenters. The van der Waals surface area contributed by atoms with E-state index in [1.807, 2.05) is 4.98 Å². The van der Waals surface area contributed by atoms with Gasteiger partial charge < -0.3 is 25.0 Å². The molecule has 31 heavy (non-hydrogen) atoms. The van der Waals surface area contributed by atoms with Crippen molar-refractivity contribution in [3.63, 3.8) is 0 Å². The number of carbonyl (C=O) groups excluding carboxylic acids is 2. The number of nitrogens with one attached hydrogen (secondary N) is 2. The lowest BCUT2D eigenvalue weighted by atomic mass is 10.1. The Balaban J connectivity index is 1.51. The summed E-state index contributed by atoms with van der Waals surface area (Å²) < 4.78 is 11.5. The van der Waals surface area contributed by atoms with Crippen molar-refractivity contribution in [3.8, 4) is 5.75 Å². The SMILES string of the molecule is COc1ccc(C(=O)CCC(=O)NC[C@H]2O[C@@H](n3ccc(=O)[nH]c3=O)[C@H](O)[C@@H]2O)cc1. The summed E-state index contributed by atoms with van der Waals surface area (Å²) in [7, 11) is 1.52. The number of aromatic amines is 1. The molecule has 11 nitrogen and oxygen atoms in total. The molecule has 0 radical (unpaired) electrons. The molecule has 1 aliphatic rings. The number of amides is 1. The van der Waals surface area contributed by atoms with E-state index in [1.54, 1.807) is 24.3 Å². The summed E-state index contributed by atoms with van der Waals surface area (Å²) in [6.07, 6.45) is -3.96. The van der Waals surface area contributed by atoms with Gasteiger partial charge >= 0.3 is 5.69 Å². The van der Waals surface area contributed by atoms with Gasteiger partial charge in [-0.1, -0.05) is 0 Å². The number of H-pyrrole nitrogens is 1. The topological polar surface area (TPSA) is 160 Å². The van der Waals surface area contributed by atoms with E-state index in [-0.39, 0.29) is 25.2 Å². The first-order chi connectivity index (χ1) is 14.8. The molecular weight excluding hydrogens is 410 g/mol. The maximum atomic E-state index is 12.2. The van der Waals surface area contributed by atoms with Gasteiger partial charge in [0.15, 0.2) is 12.0 Å². The van der Waals surface area contributed by atoms with E-state index in [0.29, 0.717) is 11.3 Å². The summed E-state index contributed by atoms with van der Waals surface area (Å²) in [4.78, 5) is 49.4. The number of ether oxygens (including phenoxy) is 2. The number of methoxy groups -OCH3 is 1. The Hall–Kier alpha value is -3.28. The molecule has 1 saturated heterocycles. The zero-order chi connectivity index (χ0) is 22.5. The highest BCUT2D eigenvalue weighted by molar-refractivity contribution is 5.98. The lowest BCUT2D eigenvalue weighted by Crippen LogP contribution is -2.40. The van der Waals surface area contributed by atoms with Crippen molar-refractivity contribution >= 4 is 11.7 Å². The molecular formula is C20H23N3O8. The zero-order valence-electron chi connectivity index (χ0n) is 16.7. The molecule has 4 N–H and O–H groups in total. The number of benzene rings is 1. The number of ketones is 1. The molecule has 0 bridgehead atoms. The number of hydrogen-bond acceptors (Lipinski definition) is 8. The van der Waals surface area contributed by atoms with E-state index in [9.17, 15) is 29.4 Å². The molecule has 0 aliphatic carbocycles. The van der Waals surface area contributed by atoms with Crippen LogP contribution < -0.4 is 21.3 Å². The molecule has 1 aromatic heterocycles. The predicted octanol–water partition coefficient (Wildman–Crippen LogP) is -1.06. The number of aliphatic hydroxyl groups is 2. The van der Waals surface area contributed by atoms with Gasteiger partial charge in [-0.15, -0.1) is 0 Å². The van der Waals surface area contributed by atoms with Crippen LogP contribution in [0.4, 0.5) is 0 Å². The van der Waals surface area contributed by atoms with Gasteiger partial charge in [-0.2, -0.15) is 0 Å². The quantitative estimate of drug-likeness (QED) is 0.384. The van der Waals surface area contributed by atoms with Crippen LogP contribution in [0.5, 0.6) is 5.75 Å². The van der Waals surface area contributed by atoms with Crippen LogP contribution in [0.1, 0.15) is 29.4 Å². The average molecular weight is 433 g/mol. The number of rotatable bonds is 8. The van der Waals surface area contributed by atoms with Gasteiger partial charge in [0.25, 0.3) is 5.56 Å². The number of carbonyl (C=O) groups is 2. The summed E-state index contributed by atoms with van der Waals surface area (Å²) in [6.45, 7) is -0.137. The molecule has 11 heteroatoms. The maximum absolute atomic E-state index is 12.2. The molecule has 1 aliphatic heterocycles. The van der Waals surface area contributed by atoms with E-state index in [2.05, 4.69) is 5.32 Å². The highest BCUT2D eigenvalue weighted by atomic mass is 16.6. The Labute approximate surface area is 176 Å². The molecule has 4 atom stereocenters. The molecule has 1 aromatic carbocycles. The van der Waals surface area contributed by atoms with E-state index in [0.717, 1.165) is 16.8 Å². The third-order valence-corrected chi connectivity index (χ3v) is 4.95. The minimum atomic E-state index is -1.44. The molecule has 2 aromatic rings. The van der Waals surface area contributed by atoms with Gasteiger partial charge in [-0.3, -0.25) is 23.9 Å². The van der Waals surface area contributed by atoms with E-state index >= 15 is 0 Å². The molecule has 3 rings (SSSR count). The molecule has 1 amide bonds. The standard InChI is InChI=1S/C20H23N3O8/c1-30-12-4-2-11(3-5-12)13(24)6-7-15(25)21-10-14-17(27)18(28)19(31-14)23-9-8-16(26)22-20(23)29/h2-5,8-9,14,17-19,27-28H,6-7,10H2,1H3,(H,21,25)(H,22,26,29)/t14-,17-,18-,19-/m1/s1. The first-order valence-electron chi connectivity index (χ1n) is 9.57. The van der Waals surface area contributed by atoms with Crippen molar-refractivity contribution < 1.29 is 29.3 Å². The van der Waals surface area contributed by atoms with E-state index in [1.165, 1.54) is 7.11 Å². The van der Waals surface area contributed by atoms with Crippen molar-refractivity contribution in [2.45, 2.75) is 37.4 Å². The fourth-order valence-electron chi connectivity index (χ4n) is 3.21. The highest BCUT2D eigenvalue weighted by Gasteiger charge is 2.44. The predicted molar refractivity (Wildman–Crippen MR) is 107 cm³/mol. The van der Waals surface area contributed by atoms with Gasteiger partial charge in [0, 0.05) is 37.2 Å². The van der Waals surface area contributed by atoms with Crippen molar-refractivity contribution in [2.75, 3.05) is 13.7 Å². The second-order valence-corrected chi connectivity index (χ2v) is 7.02. The van der Waals surface area contributed by atoms with Crippen molar-refractivity contribution in [1.29, 1.82) is 0 Å². The largest absolute Gasteiger partial charge is 0.497 e. The summed E-state index contributed by atoms with van der Waals surface area (Å²) in [5, 5.41) is 22.9. The summed E-state index contributed by atoms with van der Waals surface area (Å²) in [5.41, 5.74) is -0.951. The number of Topliss-reactive ketones (excluding diaryl/α,β-unsaturated/α-hetero) is 1. The maximum Gasteiger partial charge on any atom is 0.330 e. The number of hydrogen-bond donors (Lipinski definition) is 4. The Morgan fingerprint density at radius 1 is 1.13 bits per heavy atom. The van der Waals surface area contributed by atoms with Gasteiger partial charge in [-0.25, -0.2) is 4.79 Å². The monoisotopic (exact) mass is 433 g/mol. The average Bonchev–Trinajstić information content (AvgIpc) is 3.04. The summed E-state index contributed by atoms with van der Waals surface area (Å²) in [5.74, 6) is -0.0197. The molecule has 166 valence electrons. The van der Waals surface area contributed by atoms with Crippen LogP contribution in [0.25, 0.3) is 0 Å². The normalized spacial score (nSPS) is 22.8. The lowest BCUT2D eigenvalue weighted by molar-refractivity contribution is -0.122. The first kappa shape index (κ1) is 22.4.